The van der Waals surface area contributed by atoms with Gasteiger partial charge in [-0.3, -0.25) is 15.8 Å². The zero-order valence-corrected chi connectivity index (χ0v) is 15.5. The molecule has 2 aromatic rings. The Bertz CT molecular complexity index is 606. The monoisotopic (exact) mass is 399 g/mol. The molecule has 0 aliphatic heterocycles. The molecule has 0 heterocycles. The van der Waals surface area contributed by atoms with Gasteiger partial charge >= 0.3 is 0 Å². The first-order chi connectivity index (χ1) is 13.0. The Labute approximate surface area is 159 Å². The molecular formula is C17H26N3O6P. The Balaban J connectivity index is 0.000000828. The van der Waals surface area contributed by atoms with Crippen LogP contribution in [0.5, 0.6) is 0 Å². The van der Waals surface area contributed by atoms with Crippen molar-refractivity contribution in [2.24, 2.45) is 10.9 Å². The van der Waals surface area contributed by atoms with Gasteiger partial charge in [-0.1, -0.05) is 36.4 Å². The maximum absolute atomic E-state index is 9.65. The molecule has 0 aliphatic rings. The van der Waals surface area contributed by atoms with Gasteiger partial charge in [-0.05, 0) is 24.3 Å². The zero-order valence-electron chi connectivity index (χ0n) is 14.6. The van der Waals surface area contributed by atoms with Crippen molar-refractivity contribution in [3.63, 3.8) is 0 Å². The lowest BCUT2D eigenvalue weighted by Gasteiger charge is -2.36. The predicted molar refractivity (Wildman–Crippen MR) is 104 cm³/mol. The molecule has 1 unspecified atom stereocenters. The fraction of sp³-hybridized carbons (Fsp3) is 0.294. The van der Waals surface area contributed by atoms with Gasteiger partial charge in [0.15, 0.2) is 6.23 Å². The third kappa shape index (κ3) is 8.17. The lowest BCUT2D eigenvalue weighted by atomic mass is 9.88. The molecule has 9 nitrogen and oxygen atoms in total. The molecule has 0 amide bonds. The number of para-hydroxylation sites is 2. The smallest absolute Gasteiger partial charge is 0.247 e. The fourth-order valence-corrected chi connectivity index (χ4v) is 2.03. The van der Waals surface area contributed by atoms with E-state index < -0.39 is 40.0 Å². The highest BCUT2D eigenvalue weighted by atomic mass is 31.2. The predicted octanol–water partition coefficient (Wildman–Crippen LogP) is 0.588. The van der Waals surface area contributed by atoms with Gasteiger partial charge in [0.05, 0.1) is 30.9 Å². The van der Waals surface area contributed by atoms with E-state index in [2.05, 4.69) is 16.3 Å². The molecule has 0 aromatic heterocycles. The molecule has 0 saturated heterocycles. The van der Waals surface area contributed by atoms with Crippen LogP contribution in [0.1, 0.15) is 0 Å². The van der Waals surface area contributed by atoms with Crippen molar-refractivity contribution in [3.05, 3.63) is 60.7 Å². The second-order valence-electron chi connectivity index (χ2n) is 5.63. The minimum atomic E-state index is -2.12. The Hall–Kier alpha value is -1.81. The fourth-order valence-electron chi connectivity index (χ4n) is 2.03. The number of aliphatic hydroxyl groups excluding tert-OH is 3. The number of benzene rings is 2. The average Bonchev–Trinajstić information content (AvgIpc) is 2.69. The van der Waals surface area contributed by atoms with E-state index in [1.54, 1.807) is 0 Å². The number of rotatable bonds is 9. The van der Waals surface area contributed by atoms with Crippen LogP contribution >= 0.6 is 8.53 Å². The molecule has 0 bridgehead atoms. The summed E-state index contributed by atoms with van der Waals surface area (Å²) in [6.07, 6.45) is -0.856. The molecule has 2 rings (SSSR count). The largest absolute Gasteiger partial charge is 0.395 e. The molecule has 150 valence electrons. The van der Waals surface area contributed by atoms with Crippen molar-refractivity contribution in [1.29, 1.82) is 0 Å². The number of nitrogens with two attached hydrogens (primary N) is 1. The molecule has 0 aliphatic carbocycles. The van der Waals surface area contributed by atoms with E-state index in [9.17, 15) is 15.3 Å². The Kier molecular flexibility index (Phi) is 10.8. The first kappa shape index (κ1) is 23.2. The summed E-state index contributed by atoms with van der Waals surface area (Å²) in [5.74, 6) is 0. The van der Waals surface area contributed by atoms with E-state index in [4.69, 9.17) is 14.6 Å². The van der Waals surface area contributed by atoms with Crippen molar-refractivity contribution in [2.75, 3.05) is 30.6 Å². The minimum Gasteiger partial charge on any atom is -0.395 e. The van der Waals surface area contributed by atoms with Crippen molar-refractivity contribution in [2.45, 2.75) is 6.23 Å². The Morgan fingerprint density at radius 2 is 1.26 bits per heavy atom. The minimum absolute atomic E-state index is 0.443. The van der Waals surface area contributed by atoms with Crippen molar-refractivity contribution in [1.82, 2.24) is 0 Å². The van der Waals surface area contributed by atoms with Crippen LogP contribution in [0, 0.1) is 5.41 Å². The van der Waals surface area contributed by atoms with Crippen molar-refractivity contribution >= 4 is 19.9 Å². The van der Waals surface area contributed by atoms with Gasteiger partial charge in [-0.25, -0.2) is 0 Å². The number of nitrogens with one attached hydrogen (secondary N) is 2. The van der Waals surface area contributed by atoms with Crippen LogP contribution in [-0.4, -0.2) is 51.2 Å². The molecule has 0 spiro atoms. The number of hydrogen-bond donors (Lipinski definition) is 8. The van der Waals surface area contributed by atoms with Gasteiger partial charge in [0, 0.05) is 5.69 Å². The maximum atomic E-state index is 9.65. The summed E-state index contributed by atoms with van der Waals surface area (Å²) in [6, 6.07) is 18.4. The summed E-state index contributed by atoms with van der Waals surface area (Å²) in [5.41, 5.74) is 7.27. The third-order valence-electron chi connectivity index (χ3n) is 3.64. The molecule has 2 aromatic carbocycles. The van der Waals surface area contributed by atoms with E-state index in [1.165, 1.54) is 0 Å². The first-order valence-corrected chi connectivity index (χ1v) is 9.32. The lowest BCUT2D eigenvalue weighted by Crippen LogP contribution is -2.51. The van der Waals surface area contributed by atoms with Gasteiger partial charge < -0.3 is 30.4 Å². The lowest BCUT2D eigenvalue weighted by molar-refractivity contribution is -0.0874. The third-order valence-corrected chi connectivity index (χ3v) is 3.64. The van der Waals surface area contributed by atoms with E-state index in [0.717, 1.165) is 11.4 Å². The average molecular weight is 399 g/mol. The molecule has 0 saturated carbocycles. The molecule has 9 N–H and O–H groups in total. The topological polar surface area (TPSA) is 160 Å². The molecule has 0 radical (unpaired) electrons. The van der Waals surface area contributed by atoms with Gasteiger partial charge in [-0.2, -0.15) is 0 Å². The molecule has 1 atom stereocenters. The van der Waals surface area contributed by atoms with Crippen molar-refractivity contribution in [3.8, 4) is 0 Å². The van der Waals surface area contributed by atoms with Crippen LogP contribution in [-0.2, 0) is 4.84 Å². The zero-order chi connectivity index (χ0) is 20.1. The van der Waals surface area contributed by atoms with E-state index in [1.807, 2.05) is 60.7 Å². The normalized spacial score (nSPS) is 12.1. The van der Waals surface area contributed by atoms with E-state index in [-0.39, 0.29) is 0 Å². The molecule has 0 fully saturated rings. The van der Waals surface area contributed by atoms with Gasteiger partial charge in [0.2, 0.25) is 8.53 Å². The van der Waals surface area contributed by atoms with E-state index in [0.29, 0.717) is 0 Å². The van der Waals surface area contributed by atoms with E-state index >= 15 is 0 Å². The van der Waals surface area contributed by atoms with Gasteiger partial charge in [0.25, 0.3) is 0 Å². The Morgan fingerprint density at radius 1 is 0.852 bits per heavy atom. The molecular weight excluding hydrogens is 373 g/mol. The van der Waals surface area contributed by atoms with Gasteiger partial charge in [-0.15, -0.1) is 0 Å². The van der Waals surface area contributed by atoms with Crippen LogP contribution in [0.15, 0.2) is 60.7 Å². The summed E-state index contributed by atoms with van der Waals surface area (Å²) >= 11 is 0. The van der Waals surface area contributed by atoms with Crippen LogP contribution in [0.3, 0.4) is 0 Å². The Morgan fingerprint density at radius 3 is 1.67 bits per heavy atom. The highest BCUT2D eigenvalue weighted by molar-refractivity contribution is 7.42. The van der Waals surface area contributed by atoms with Crippen LogP contribution in [0.2, 0.25) is 0 Å². The SMILES string of the molecule is NP(O)O.OCC(CO)(CO)C(Nc1ccccc1)ONc1ccccc1. The summed E-state index contributed by atoms with van der Waals surface area (Å²) in [7, 11) is -2.12. The quantitative estimate of drug-likeness (QED) is 0.171. The first-order valence-electron chi connectivity index (χ1n) is 8.01. The molecule has 10 heteroatoms. The van der Waals surface area contributed by atoms with Crippen molar-refractivity contribution < 1.29 is 29.9 Å². The van der Waals surface area contributed by atoms with Crippen LogP contribution in [0.25, 0.3) is 0 Å². The van der Waals surface area contributed by atoms with Crippen LogP contribution in [0.4, 0.5) is 11.4 Å². The second kappa shape index (κ2) is 12.6. The summed E-state index contributed by atoms with van der Waals surface area (Å²) < 4.78 is 0. The second-order valence-corrected chi connectivity index (χ2v) is 6.27. The summed E-state index contributed by atoms with van der Waals surface area (Å²) in [5, 5.41) is 32.0. The highest BCUT2D eigenvalue weighted by Crippen LogP contribution is 2.25. The number of anilines is 2. The summed E-state index contributed by atoms with van der Waals surface area (Å²) in [4.78, 5) is 20.5. The van der Waals surface area contributed by atoms with Crippen LogP contribution < -0.4 is 16.3 Å². The summed E-state index contributed by atoms with van der Waals surface area (Å²) in [6.45, 7) is -1.33. The maximum Gasteiger partial charge on any atom is 0.247 e. The van der Waals surface area contributed by atoms with Gasteiger partial charge in [0.1, 0.15) is 0 Å². The highest BCUT2D eigenvalue weighted by Gasteiger charge is 2.39. The number of hydrogen-bond acceptors (Lipinski definition) is 9. The number of aliphatic hydroxyl groups is 3. The standard InChI is InChI=1S/C17H22N2O4.H4NO2P/c20-11-17(12-21,13-22)16(18-14-7-3-1-4-8-14)23-19-15-9-5-2-6-10-15;1-4(2)3/h1-10,16,18-22H,11-13H2;2-3H,1H2. The molecule has 27 heavy (non-hydrogen) atoms.